The highest BCUT2D eigenvalue weighted by Crippen LogP contribution is 2.22. The molecule has 0 saturated heterocycles. The van der Waals surface area contributed by atoms with Crippen LogP contribution in [0.5, 0.6) is 5.75 Å². The molecular weight excluding hydrogens is 490 g/mol. The molecule has 1 amide bonds. The van der Waals surface area contributed by atoms with E-state index in [1.807, 2.05) is 13.0 Å². The van der Waals surface area contributed by atoms with Gasteiger partial charge in [0, 0.05) is 5.69 Å². The lowest BCUT2D eigenvalue weighted by Crippen LogP contribution is -2.45. The minimum atomic E-state index is -4.06. The minimum Gasteiger partial charge on any atom is -0.494 e. The smallest absolute Gasteiger partial charge is 0.242 e. The van der Waals surface area contributed by atoms with Gasteiger partial charge < -0.3 is 10.1 Å². The van der Waals surface area contributed by atoms with Gasteiger partial charge in [0.15, 0.2) is 0 Å². The highest BCUT2D eigenvalue weighted by atomic mass is 32.2. The molecule has 0 radical (unpaired) electrons. The van der Waals surface area contributed by atoms with Gasteiger partial charge in [0.25, 0.3) is 0 Å². The van der Waals surface area contributed by atoms with Crippen LogP contribution < -0.4 is 19.9 Å². The number of rotatable bonds is 10. The van der Waals surface area contributed by atoms with Crippen molar-refractivity contribution in [1.29, 1.82) is 0 Å². The molecule has 1 unspecified atom stereocenters. The number of anilines is 1. The number of ether oxygens (including phenoxy) is 1. The van der Waals surface area contributed by atoms with E-state index >= 15 is 0 Å². The second-order valence-corrected chi connectivity index (χ2v) is 11.1. The van der Waals surface area contributed by atoms with Crippen LogP contribution in [0.3, 0.4) is 0 Å². The summed E-state index contributed by atoms with van der Waals surface area (Å²) >= 11 is 0. The number of primary sulfonamides is 1. The zero-order valence-electron chi connectivity index (χ0n) is 19.3. The number of sulfonamides is 2. The topological polar surface area (TPSA) is 145 Å². The summed E-state index contributed by atoms with van der Waals surface area (Å²) in [5, 5.41) is 7.73. The lowest BCUT2D eigenvalue weighted by atomic mass is 10.1. The summed E-state index contributed by atoms with van der Waals surface area (Å²) in [5.41, 5.74) is 1.69. The summed E-state index contributed by atoms with van der Waals surface area (Å²) in [6.07, 6.45) is 0.0944. The van der Waals surface area contributed by atoms with Crippen LogP contribution in [0, 0.1) is 6.92 Å². The third-order valence-electron chi connectivity index (χ3n) is 5.10. The van der Waals surface area contributed by atoms with E-state index in [-0.39, 0.29) is 21.9 Å². The van der Waals surface area contributed by atoms with Gasteiger partial charge in [0.1, 0.15) is 11.8 Å². The van der Waals surface area contributed by atoms with Gasteiger partial charge in [-0.1, -0.05) is 30.3 Å². The normalized spacial score (nSPS) is 12.7. The fraction of sp³-hybridized carbons (Fsp3) is 0.208. The number of hydrogen-bond donors (Lipinski definition) is 3. The molecule has 0 spiro atoms. The fourth-order valence-corrected chi connectivity index (χ4v) is 5.15. The van der Waals surface area contributed by atoms with E-state index in [4.69, 9.17) is 9.88 Å². The van der Waals surface area contributed by atoms with E-state index in [9.17, 15) is 21.6 Å². The summed E-state index contributed by atoms with van der Waals surface area (Å²) in [6.45, 7) is 4.02. The molecule has 4 N–H and O–H groups in total. The van der Waals surface area contributed by atoms with Gasteiger partial charge in [-0.25, -0.2) is 22.0 Å². The maximum atomic E-state index is 13.2. The van der Waals surface area contributed by atoms with Crippen molar-refractivity contribution < 1.29 is 26.4 Å². The van der Waals surface area contributed by atoms with Gasteiger partial charge in [0.2, 0.25) is 26.0 Å². The van der Waals surface area contributed by atoms with E-state index in [1.54, 1.807) is 37.3 Å². The van der Waals surface area contributed by atoms with Gasteiger partial charge in [0.05, 0.1) is 16.4 Å². The van der Waals surface area contributed by atoms with Crippen LogP contribution in [0.15, 0.2) is 82.6 Å². The molecule has 0 aliphatic heterocycles. The number of carbonyl (C=O) groups is 1. The zero-order chi connectivity index (χ0) is 25.6. The third-order valence-corrected chi connectivity index (χ3v) is 7.50. The van der Waals surface area contributed by atoms with E-state index in [2.05, 4.69) is 10.0 Å². The number of nitrogens with one attached hydrogen (secondary N) is 2. The molecule has 11 heteroatoms. The number of hydrogen-bond acceptors (Lipinski definition) is 6. The quantitative estimate of drug-likeness (QED) is 0.377. The highest BCUT2D eigenvalue weighted by molar-refractivity contribution is 7.89. The summed E-state index contributed by atoms with van der Waals surface area (Å²) < 4.78 is 57.2. The van der Waals surface area contributed by atoms with Gasteiger partial charge in [-0.15, -0.1) is 0 Å². The largest absolute Gasteiger partial charge is 0.494 e. The summed E-state index contributed by atoms with van der Waals surface area (Å²) in [7, 11) is -7.94. The van der Waals surface area contributed by atoms with Crippen LogP contribution >= 0.6 is 0 Å². The van der Waals surface area contributed by atoms with Crippen LogP contribution in [-0.4, -0.2) is 35.4 Å². The van der Waals surface area contributed by atoms with Crippen LogP contribution in [0.4, 0.5) is 5.69 Å². The molecule has 9 nitrogen and oxygen atoms in total. The molecule has 0 aliphatic rings. The second kappa shape index (κ2) is 11.0. The van der Waals surface area contributed by atoms with E-state index in [0.717, 1.165) is 5.56 Å². The summed E-state index contributed by atoms with van der Waals surface area (Å²) in [4.78, 5) is 13.0. The van der Waals surface area contributed by atoms with Crippen LogP contribution in [0.1, 0.15) is 18.1 Å². The van der Waals surface area contributed by atoms with Crippen LogP contribution in [-0.2, 0) is 31.3 Å². The lowest BCUT2D eigenvalue weighted by molar-refractivity contribution is -0.117. The third kappa shape index (κ3) is 7.12. The number of nitrogens with two attached hydrogens (primary N) is 1. The second-order valence-electron chi connectivity index (χ2n) is 7.78. The molecule has 0 heterocycles. The maximum absolute atomic E-state index is 13.2. The lowest BCUT2D eigenvalue weighted by Gasteiger charge is -2.19. The first-order valence-electron chi connectivity index (χ1n) is 10.7. The Bertz CT molecular complexity index is 1390. The molecule has 0 aliphatic carbocycles. The first kappa shape index (κ1) is 26.4. The van der Waals surface area contributed by atoms with Crippen molar-refractivity contribution in [3.8, 4) is 5.75 Å². The molecule has 3 aromatic carbocycles. The number of carbonyl (C=O) groups excluding carboxylic acids is 1. The zero-order valence-corrected chi connectivity index (χ0v) is 20.9. The molecule has 3 aromatic rings. The number of amides is 1. The van der Waals surface area contributed by atoms with Gasteiger partial charge >= 0.3 is 0 Å². The summed E-state index contributed by atoms with van der Waals surface area (Å²) in [5.74, 6) is -0.0311. The standard InChI is InChI=1S/C24H27N3O6S2/c1-3-33-23-14-13-21(15-17(23)2)35(31,32)27-22(16-18-7-5-4-6-8-18)24(28)26-19-9-11-20(12-10-19)34(25,29)30/h4-15,22,27H,3,16H2,1-2H3,(H,26,28)(H2,25,29,30). The van der Waals surface area contributed by atoms with Crippen molar-refractivity contribution in [1.82, 2.24) is 4.72 Å². The first-order chi connectivity index (χ1) is 16.5. The Morgan fingerprint density at radius 1 is 0.943 bits per heavy atom. The minimum absolute atomic E-state index is 0.00169. The van der Waals surface area contributed by atoms with Crippen LogP contribution in [0.25, 0.3) is 0 Å². The molecule has 1 atom stereocenters. The molecular formula is C24H27N3O6S2. The van der Waals surface area contributed by atoms with Crippen molar-refractivity contribution >= 4 is 31.6 Å². The Labute approximate surface area is 205 Å². The van der Waals surface area contributed by atoms with Crippen LogP contribution in [0.2, 0.25) is 0 Å². The Hall–Kier alpha value is -3.25. The van der Waals surface area contributed by atoms with E-state index < -0.39 is 32.0 Å². The SMILES string of the molecule is CCOc1ccc(S(=O)(=O)NC(Cc2ccccc2)C(=O)Nc2ccc(S(N)(=O)=O)cc2)cc1C. The van der Waals surface area contributed by atoms with Gasteiger partial charge in [-0.2, -0.15) is 4.72 Å². The predicted octanol–water partition coefficient (Wildman–Crippen LogP) is 2.57. The Morgan fingerprint density at radius 3 is 2.14 bits per heavy atom. The molecule has 35 heavy (non-hydrogen) atoms. The fourth-order valence-electron chi connectivity index (χ4n) is 3.36. The highest BCUT2D eigenvalue weighted by Gasteiger charge is 2.27. The van der Waals surface area contributed by atoms with Crippen molar-refractivity contribution in [3.63, 3.8) is 0 Å². The predicted molar refractivity (Wildman–Crippen MR) is 133 cm³/mol. The molecule has 3 rings (SSSR count). The number of aryl methyl sites for hydroxylation is 1. The maximum Gasteiger partial charge on any atom is 0.242 e. The van der Waals surface area contributed by atoms with E-state index in [1.165, 1.54) is 36.4 Å². The average Bonchev–Trinajstić information content (AvgIpc) is 2.80. The molecule has 0 bridgehead atoms. The van der Waals surface area contributed by atoms with Crippen molar-refractivity contribution in [3.05, 3.63) is 83.9 Å². The monoisotopic (exact) mass is 517 g/mol. The Balaban J connectivity index is 1.86. The molecule has 0 saturated carbocycles. The van der Waals surface area contributed by atoms with Crippen molar-refractivity contribution in [2.24, 2.45) is 5.14 Å². The molecule has 0 aromatic heterocycles. The Morgan fingerprint density at radius 2 is 1.57 bits per heavy atom. The van der Waals surface area contributed by atoms with E-state index in [0.29, 0.717) is 17.9 Å². The van der Waals surface area contributed by atoms with Crippen molar-refractivity contribution in [2.45, 2.75) is 36.1 Å². The van der Waals surface area contributed by atoms with Gasteiger partial charge in [-0.3, -0.25) is 4.79 Å². The Kier molecular flexibility index (Phi) is 8.28. The number of benzene rings is 3. The average molecular weight is 518 g/mol. The molecule has 186 valence electrons. The van der Waals surface area contributed by atoms with Gasteiger partial charge in [-0.05, 0) is 73.9 Å². The van der Waals surface area contributed by atoms with Crippen molar-refractivity contribution in [2.75, 3.05) is 11.9 Å². The molecule has 0 fully saturated rings. The first-order valence-corrected chi connectivity index (χ1v) is 13.8. The summed E-state index contributed by atoms with van der Waals surface area (Å²) in [6, 6.07) is 17.6.